The topological polar surface area (TPSA) is 94.4 Å². The summed E-state index contributed by atoms with van der Waals surface area (Å²) in [5.74, 6) is 0.378. The van der Waals surface area contributed by atoms with E-state index in [1.807, 2.05) is 39.0 Å². The van der Waals surface area contributed by atoms with Gasteiger partial charge in [0.2, 0.25) is 11.8 Å². The van der Waals surface area contributed by atoms with E-state index in [0.29, 0.717) is 34.8 Å². The van der Waals surface area contributed by atoms with Crippen LogP contribution in [0, 0.1) is 5.82 Å². The lowest BCUT2D eigenvalue weighted by Gasteiger charge is -2.18. The number of carbonyl (C=O) groups excluding carboxylic acids is 1. The fourth-order valence-electron chi connectivity index (χ4n) is 4.46. The Balaban J connectivity index is 1.23. The normalized spacial score (nSPS) is 14.1. The predicted molar refractivity (Wildman–Crippen MR) is 147 cm³/mol. The first-order valence-electron chi connectivity index (χ1n) is 13.2. The summed E-state index contributed by atoms with van der Waals surface area (Å²) in [7, 11) is 0. The minimum atomic E-state index is -0.544. The minimum absolute atomic E-state index is 0.124. The van der Waals surface area contributed by atoms with Gasteiger partial charge >= 0.3 is 0 Å². The van der Waals surface area contributed by atoms with E-state index >= 15 is 0 Å². The van der Waals surface area contributed by atoms with Crippen LogP contribution in [0.25, 0.3) is 10.9 Å². The molecule has 1 aliphatic heterocycles. The highest BCUT2D eigenvalue weighted by Gasteiger charge is 2.17. The van der Waals surface area contributed by atoms with Crippen molar-refractivity contribution in [2.24, 2.45) is 0 Å². The lowest BCUT2D eigenvalue weighted by molar-refractivity contribution is -0.115. The summed E-state index contributed by atoms with van der Waals surface area (Å²) in [6.07, 6.45) is 7.09. The van der Waals surface area contributed by atoms with Crippen molar-refractivity contribution in [2.75, 3.05) is 31.6 Å². The number of ether oxygens (including phenoxy) is 2. The molecule has 39 heavy (non-hydrogen) atoms. The second-order valence-electron chi connectivity index (χ2n) is 10.7. The lowest BCUT2D eigenvalue weighted by Crippen LogP contribution is -2.25. The molecule has 0 atom stereocenters. The van der Waals surface area contributed by atoms with E-state index in [1.165, 1.54) is 25.2 Å². The summed E-state index contributed by atoms with van der Waals surface area (Å²) >= 11 is 0. The maximum Gasteiger partial charge on any atom is 0.230 e. The Hall–Kier alpha value is -4.05. The van der Waals surface area contributed by atoms with Crippen molar-refractivity contribution in [3.05, 3.63) is 66.5 Å². The Bertz CT molecular complexity index is 1460. The van der Waals surface area contributed by atoms with Gasteiger partial charge in [-0.25, -0.2) is 14.4 Å². The van der Waals surface area contributed by atoms with Crippen molar-refractivity contribution in [1.29, 1.82) is 0 Å². The van der Waals surface area contributed by atoms with Crippen molar-refractivity contribution in [1.82, 2.24) is 24.6 Å². The van der Waals surface area contributed by atoms with Crippen LogP contribution in [0.4, 0.5) is 10.1 Å². The van der Waals surface area contributed by atoms with Crippen LogP contribution in [0.15, 0.2) is 55.1 Å². The number of rotatable bonds is 9. The highest BCUT2D eigenvalue weighted by molar-refractivity contribution is 5.92. The molecule has 1 aliphatic rings. The van der Waals surface area contributed by atoms with Crippen LogP contribution < -0.4 is 14.8 Å². The van der Waals surface area contributed by atoms with Crippen molar-refractivity contribution >= 4 is 22.5 Å². The first-order valence-corrected chi connectivity index (χ1v) is 13.2. The van der Waals surface area contributed by atoms with E-state index in [-0.39, 0.29) is 29.2 Å². The molecule has 5 rings (SSSR count). The number of nitrogens with zero attached hydrogens (tertiary/aromatic N) is 5. The average molecular weight is 533 g/mol. The molecule has 0 spiro atoms. The van der Waals surface area contributed by atoms with Crippen molar-refractivity contribution in [3.8, 4) is 17.4 Å². The number of benzene rings is 2. The van der Waals surface area contributed by atoms with Crippen LogP contribution in [0.2, 0.25) is 0 Å². The molecule has 3 heterocycles. The molecule has 1 fully saturated rings. The van der Waals surface area contributed by atoms with E-state index in [0.717, 1.165) is 19.6 Å². The van der Waals surface area contributed by atoms with Gasteiger partial charge in [-0.05, 0) is 76.5 Å². The van der Waals surface area contributed by atoms with Crippen LogP contribution in [0.1, 0.15) is 39.2 Å². The van der Waals surface area contributed by atoms with Crippen molar-refractivity contribution < 1.29 is 18.7 Å². The van der Waals surface area contributed by atoms with Crippen LogP contribution in [-0.4, -0.2) is 56.8 Å². The Morgan fingerprint density at radius 2 is 1.87 bits per heavy atom. The van der Waals surface area contributed by atoms with Gasteiger partial charge in [0.15, 0.2) is 0 Å². The van der Waals surface area contributed by atoms with Crippen LogP contribution in [0.3, 0.4) is 0 Å². The molecule has 0 saturated carbocycles. The highest BCUT2D eigenvalue weighted by atomic mass is 19.1. The Labute approximate surface area is 227 Å². The molecule has 2 aromatic heterocycles. The molecule has 1 N–H and O–H groups in total. The molecule has 0 aliphatic carbocycles. The minimum Gasteiger partial charge on any atom is -0.492 e. The van der Waals surface area contributed by atoms with Gasteiger partial charge in [0.25, 0.3) is 0 Å². The molecular weight excluding hydrogens is 499 g/mol. The second-order valence-corrected chi connectivity index (χ2v) is 10.7. The smallest absolute Gasteiger partial charge is 0.230 e. The zero-order valence-electron chi connectivity index (χ0n) is 22.5. The number of carbonyl (C=O) groups is 1. The zero-order valence-corrected chi connectivity index (χ0v) is 22.5. The number of halogens is 1. The Morgan fingerprint density at radius 1 is 1.08 bits per heavy atom. The molecule has 9 nitrogen and oxygen atoms in total. The van der Waals surface area contributed by atoms with E-state index < -0.39 is 5.82 Å². The number of nitrogens with one attached hydrogen (secondary N) is 1. The largest absolute Gasteiger partial charge is 0.492 e. The summed E-state index contributed by atoms with van der Waals surface area (Å²) in [4.78, 5) is 23.5. The van der Waals surface area contributed by atoms with Crippen LogP contribution in [-0.2, 0) is 16.8 Å². The number of amides is 1. The number of likely N-dealkylation sites (tertiary alicyclic amines) is 1. The Morgan fingerprint density at radius 3 is 2.62 bits per heavy atom. The maximum absolute atomic E-state index is 14.9. The van der Waals surface area contributed by atoms with E-state index in [1.54, 1.807) is 29.2 Å². The molecule has 204 valence electrons. The van der Waals surface area contributed by atoms with Gasteiger partial charge in [-0.2, -0.15) is 5.10 Å². The van der Waals surface area contributed by atoms with Gasteiger partial charge in [-0.3, -0.25) is 14.4 Å². The van der Waals surface area contributed by atoms with E-state index in [9.17, 15) is 9.18 Å². The first kappa shape index (κ1) is 26.6. The van der Waals surface area contributed by atoms with Gasteiger partial charge in [-0.1, -0.05) is 6.07 Å². The van der Waals surface area contributed by atoms with Gasteiger partial charge in [-0.15, -0.1) is 0 Å². The predicted octanol–water partition coefficient (Wildman–Crippen LogP) is 5.17. The monoisotopic (exact) mass is 532 g/mol. The number of hydrogen-bond acceptors (Lipinski definition) is 7. The van der Waals surface area contributed by atoms with Crippen molar-refractivity contribution in [3.63, 3.8) is 0 Å². The third kappa shape index (κ3) is 6.69. The molecule has 2 aromatic carbocycles. The molecule has 1 saturated heterocycles. The van der Waals surface area contributed by atoms with Gasteiger partial charge in [0, 0.05) is 18.8 Å². The van der Waals surface area contributed by atoms with Gasteiger partial charge < -0.3 is 14.8 Å². The van der Waals surface area contributed by atoms with Crippen LogP contribution in [0.5, 0.6) is 17.4 Å². The molecule has 1 amide bonds. The summed E-state index contributed by atoms with van der Waals surface area (Å²) in [5, 5.41) is 7.70. The van der Waals surface area contributed by atoms with E-state index in [4.69, 9.17) is 9.47 Å². The standard InChI is InChI=1S/C29H33FN6O3/c1-29(2,3)36-18-21(17-33-36)34-27(37)14-20-6-7-23(16-25(20)30)39-28-24-15-22(8-9-26(24)31-19-32-28)38-13-12-35-10-4-5-11-35/h6-9,15-19H,4-5,10-14H2,1-3H3,(H,34,37). The first-order chi connectivity index (χ1) is 18.7. The molecule has 0 radical (unpaired) electrons. The SMILES string of the molecule is CC(C)(C)n1cc(NC(=O)Cc2ccc(Oc3ncnc4ccc(OCCN5CCCC5)cc34)cc2F)cn1. The Kier molecular flexibility index (Phi) is 7.74. The lowest BCUT2D eigenvalue weighted by atomic mass is 10.1. The molecule has 10 heteroatoms. The third-order valence-corrected chi connectivity index (χ3v) is 6.59. The zero-order chi connectivity index (χ0) is 27.4. The number of hydrogen-bond donors (Lipinski definition) is 1. The summed E-state index contributed by atoms with van der Waals surface area (Å²) < 4.78 is 28.6. The molecule has 4 aromatic rings. The molecule has 0 unspecified atom stereocenters. The fraction of sp³-hybridized carbons (Fsp3) is 0.379. The van der Waals surface area contributed by atoms with E-state index in [2.05, 4.69) is 25.3 Å². The molecule has 0 bridgehead atoms. The summed E-state index contributed by atoms with van der Waals surface area (Å²) in [6.45, 7) is 9.76. The van der Waals surface area contributed by atoms with Gasteiger partial charge in [0.05, 0.1) is 34.7 Å². The molecular formula is C29H33FN6O3. The average Bonchev–Trinajstić information content (AvgIpc) is 3.58. The number of aromatic nitrogens is 4. The summed E-state index contributed by atoms with van der Waals surface area (Å²) in [5.41, 5.74) is 1.30. The maximum atomic E-state index is 14.9. The quantitative estimate of drug-likeness (QED) is 0.318. The number of fused-ring (bicyclic) bond motifs is 1. The van der Waals surface area contributed by atoms with Crippen molar-refractivity contribution in [2.45, 2.75) is 45.6 Å². The second kappa shape index (κ2) is 11.4. The van der Waals surface area contributed by atoms with Gasteiger partial charge in [0.1, 0.15) is 30.3 Å². The third-order valence-electron chi connectivity index (χ3n) is 6.59. The highest BCUT2D eigenvalue weighted by Crippen LogP contribution is 2.30. The fourth-order valence-corrected chi connectivity index (χ4v) is 4.46. The summed E-state index contributed by atoms with van der Waals surface area (Å²) in [6, 6.07) is 9.97. The van der Waals surface area contributed by atoms with Crippen LogP contribution >= 0.6 is 0 Å². The number of anilines is 1.